The third kappa shape index (κ3) is 4.62. The molecule has 138 valence electrons. The van der Waals surface area contributed by atoms with Crippen LogP contribution in [0, 0.1) is 0 Å². The van der Waals surface area contributed by atoms with Crippen molar-refractivity contribution in [2.45, 2.75) is 13.5 Å². The summed E-state index contributed by atoms with van der Waals surface area (Å²) in [5.74, 6) is -0.554. The molecular formula is C20H17BrN2O4. The van der Waals surface area contributed by atoms with E-state index in [1.165, 1.54) is 6.07 Å². The Morgan fingerprint density at radius 3 is 2.48 bits per heavy atom. The minimum atomic E-state index is -0.645. The zero-order valence-electron chi connectivity index (χ0n) is 14.6. The van der Waals surface area contributed by atoms with E-state index in [9.17, 15) is 9.59 Å². The number of halogens is 1. The highest BCUT2D eigenvalue weighted by molar-refractivity contribution is 9.10. The minimum Gasteiger partial charge on any atom is -0.486 e. The molecule has 2 aromatic carbocycles. The molecule has 0 atom stereocenters. The summed E-state index contributed by atoms with van der Waals surface area (Å²) in [5.41, 5.74) is 0.991. The second kappa shape index (κ2) is 8.64. The summed E-state index contributed by atoms with van der Waals surface area (Å²) >= 11 is 3.37. The first kappa shape index (κ1) is 18.8. The van der Waals surface area contributed by atoms with Crippen molar-refractivity contribution >= 4 is 21.9 Å². The first-order valence-corrected chi connectivity index (χ1v) is 9.12. The SMILES string of the molecule is CCOC(=O)c1nn(-c2ccccc2)c(=O)cc1OCc1ccc(Br)cc1. The zero-order chi connectivity index (χ0) is 19.2. The molecule has 0 bridgehead atoms. The number of para-hydroxylation sites is 1. The molecule has 0 fully saturated rings. The first-order valence-electron chi connectivity index (χ1n) is 8.32. The fraction of sp³-hybridized carbons (Fsp3) is 0.150. The number of rotatable bonds is 6. The third-order valence-corrected chi connectivity index (χ3v) is 4.20. The van der Waals surface area contributed by atoms with Crippen molar-refractivity contribution in [3.05, 3.63) is 86.7 Å². The van der Waals surface area contributed by atoms with Crippen LogP contribution in [0.25, 0.3) is 5.69 Å². The van der Waals surface area contributed by atoms with Crippen molar-refractivity contribution in [2.75, 3.05) is 6.61 Å². The Bertz CT molecular complexity index is 985. The molecule has 0 amide bonds. The van der Waals surface area contributed by atoms with Gasteiger partial charge in [0.05, 0.1) is 18.4 Å². The lowest BCUT2D eigenvalue weighted by atomic mass is 10.2. The highest BCUT2D eigenvalue weighted by Gasteiger charge is 2.19. The highest BCUT2D eigenvalue weighted by atomic mass is 79.9. The van der Waals surface area contributed by atoms with Crippen LogP contribution in [0.3, 0.4) is 0 Å². The average molecular weight is 429 g/mol. The maximum Gasteiger partial charge on any atom is 0.362 e. The van der Waals surface area contributed by atoms with Crippen molar-refractivity contribution in [2.24, 2.45) is 0 Å². The van der Waals surface area contributed by atoms with Crippen LogP contribution in [-0.4, -0.2) is 22.4 Å². The van der Waals surface area contributed by atoms with Crippen molar-refractivity contribution < 1.29 is 14.3 Å². The number of hydrogen-bond donors (Lipinski definition) is 0. The lowest BCUT2D eigenvalue weighted by Crippen LogP contribution is -2.25. The van der Waals surface area contributed by atoms with Crippen LogP contribution in [0.15, 0.2) is 69.9 Å². The first-order chi connectivity index (χ1) is 13.1. The van der Waals surface area contributed by atoms with Crippen molar-refractivity contribution in [1.82, 2.24) is 9.78 Å². The molecule has 0 unspecified atom stereocenters. The Kier molecular flexibility index (Phi) is 6.03. The van der Waals surface area contributed by atoms with Gasteiger partial charge in [-0.3, -0.25) is 4.79 Å². The van der Waals surface area contributed by atoms with Gasteiger partial charge in [0.2, 0.25) is 5.69 Å². The number of carbonyl (C=O) groups is 1. The van der Waals surface area contributed by atoms with Crippen LogP contribution in [0.5, 0.6) is 5.75 Å². The van der Waals surface area contributed by atoms with E-state index in [1.54, 1.807) is 31.2 Å². The lowest BCUT2D eigenvalue weighted by molar-refractivity contribution is 0.0511. The standard InChI is InChI=1S/C20H17BrN2O4/c1-2-26-20(25)19-17(27-13-14-8-10-15(21)11-9-14)12-18(24)23(22-19)16-6-4-3-5-7-16/h3-12H,2,13H2,1H3. The molecule has 0 aliphatic heterocycles. The molecule has 27 heavy (non-hydrogen) atoms. The number of hydrogen-bond acceptors (Lipinski definition) is 5. The third-order valence-electron chi connectivity index (χ3n) is 3.67. The monoisotopic (exact) mass is 428 g/mol. The predicted molar refractivity (Wildman–Crippen MR) is 104 cm³/mol. The second-order valence-corrected chi connectivity index (χ2v) is 6.49. The fourth-order valence-electron chi connectivity index (χ4n) is 2.39. The quantitative estimate of drug-likeness (QED) is 0.559. The fourth-order valence-corrected chi connectivity index (χ4v) is 2.65. The topological polar surface area (TPSA) is 70.4 Å². The number of aromatic nitrogens is 2. The molecule has 0 radical (unpaired) electrons. The molecule has 0 aliphatic carbocycles. The average Bonchev–Trinajstić information content (AvgIpc) is 2.68. The molecule has 0 aliphatic rings. The number of carbonyl (C=O) groups excluding carboxylic acids is 1. The molecule has 6 nitrogen and oxygen atoms in total. The Hall–Kier alpha value is -2.93. The summed E-state index contributed by atoms with van der Waals surface area (Å²) < 4.78 is 12.9. The van der Waals surface area contributed by atoms with Crippen LogP contribution in [-0.2, 0) is 11.3 Å². The molecule has 3 rings (SSSR count). The zero-order valence-corrected chi connectivity index (χ0v) is 16.2. The molecule has 1 heterocycles. The van der Waals surface area contributed by atoms with E-state index < -0.39 is 11.5 Å². The van der Waals surface area contributed by atoms with Gasteiger partial charge in [-0.15, -0.1) is 0 Å². The van der Waals surface area contributed by atoms with Crippen LogP contribution in [0.4, 0.5) is 0 Å². The van der Waals surface area contributed by atoms with Crippen LogP contribution >= 0.6 is 15.9 Å². The van der Waals surface area contributed by atoms with E-state index in [1.807, 2.05) is 30.3 Å². The van der Waals surface area contributed by atoms with Crippen molar-refractivity contribution in [3.63, 3.8) is 0 Å². The van der Waals surface area contributed by atoms with Gasteiger partial charge < -0.3 is 9.47 Å². The summed E-state index contributed by atoms with van der Waals surface area (Å²) in [5, 5.41) is 4.18. The van der Waals surface area contributed by atoms with Crippen LogP contribution in [0.1, 0.15) is 23.0 Å². The lowest BCUT2D eigenvalue weighted by Gasteiger charge is -2.12. The van der Waals surface area contributed by atoms with Crippen LogP contribution in [0.2, 0.25) is 0 Å². The molecule has 0 N–H and O–H groups in total. The highest BCUT2D eigenvalue weighted by Crippen LogP contribution is 2.19. The maximum atomic E-state index is 12.5. The molecule has 0 saturated carbocycles. The summed E-state index contributed by atoms with van der Waals surface area (Å²) in [4.78, 5) is 24.8. The van der Waals surface area contributed by atoms with Gasteiger partial charge in [0, 0.05) is 4.47 Å². The molecule has 7 heteroatoms. The Morgan fingerprint density at radius 2 is 1.81 bits per heavy atom. The van der Waals surface area contributed by atoms with Gasteiger partial charge in [-0.1, -0.05) is 46.3 Å². The Labute approximate surface area is 164 Å². The normalized spacial score (nSPS) is 10.4. The second-order valence-electron chi connectivity index (χ2n) is 5.58. The Balaban J connectivity index is 1.96. The van der Waals surface area contributed by atoms with Crippen molar-refractivity contribution in [3.8, 4) is 11.4 Å². The van der Waals surface area contributed by atoms with E-state index in [-0.39, 0.29) is 24.7 Å². The number of ether oxygens (including phenoxy) is 2. The van der Waals surface area contributed by atoms with Gasteiger partial charge >= 0.3 is 5.97 Å². The van der Waals surface area contributed by atoms with Gasteiger partial charge in [-0.2, -0.15) is 9.78 Å². The van der Waals surface area contributed by atoms with Crippen LogP contribution < -0.4 is 10.3 Å². The van der Waals surface area contributed by atoms with Gasteiger partial charge in [-0.25, -0.2) is 4.79 Å². The summed E-state index contributed by atoms with van der Waals surface area (Å²) in [7, 11) is 0. The number of benzene rings is 2. The summed E-state index contributed by atoms with van der Waals surface area (Å²) in [6, 6.07) is 17.6. The summed E-state index contributed by atoms with van der Waals surface area (Å²) in [6.45, 7) is 2.08. The van der Waals surface area contributed by atoms with E-state index >= 15 is 0 Å². The minimum absolute atomic E-state index is 0.0441. The molecular weight excluding hydrogens is 412 g/mol. The smallest absolute Gasteiger partial charge is 0.362 e. The molecule has 3 aromatic rings. The van der Waals surface area contributed by atoms with E-state index in [0.29, 0.717) is 5.69 Å². The molecule has 0 saturated heterocycles. The van der Waals surface area contributed by atoms with E-state index in [0.717, 1.165) is 14.7 Å². The van der Waals surface area contributed by atoms with E-state index in [2.05, 4.69) is 21.0 Å². The van der Waals surface area contributed by atoms with E-state index in [4.69, 9.17) is 9.47 Å². The number of esters is 1. The van der Waals surface area contributed by atoms with Gasteiger partial charge in [0.15, 0.2) is 5.75 Å². The molecule has 0 spiro atoms. The maximum absolute atomic E-state index is 12.5. The van der Waals surface area contributed by atoms with Gasteiger partial charge in [-0.05, 0) is 36.8 Å². The van der Waals surface area contributed by atoms with Gasteiger partial charge in [0.1, 0.15) is 6.61 Å². The largest absolute Gasteiger partial charge is 0.486 e. The Morgan fingerprint density at radius 1 is 1.11 bits per heavy atom. The van der Waals surface area contributed by atoms with Gasteiger partial charge in [0.25, 0.3) is 5.56 Å². The predicted octanol–water partition coefficient (Wildman–Crippen LogP) is 3.75. The van der Waals surface area contributed by atoms with Crippen molar-refractivity contribution in [1.29, 1.82) is 0 Å². The summed E-state index contributed by atoms with van der Waals surface area (Å²) in [6.07, 6.45) is 0. The molecule has 1 aromatic heterocycles. The number of nitrogens with zero attached hydrogens (tertiary/aromatic N) is 2.